The number of hydrogen-bond donors (Lipinski definition) is 0. The normalized spacial score (nSPS) is 10.1. The molecule has 0 radical (unpaired) electrons. The Bertz CT molecular complexity index is 667. The molecule has 96 valence electrons. The Labute approximate surface area is 136 Å². The summed E-state index contributed by atoms with van der Waals surface area (Å²) < 4.78 is 18.9. The average Bonchev–Trinajstić information content (AvgIpc) is 2.32. The van der Waals surface area contributed by atoms with Crippen LogP contribution < -0.4 is 0 Å². The Balaban J connectivity index is 2.42. The number of nitriles is 1. The lowest BCUT2D eigenvalue weighted by atomic mass is 10.2. The molecule has 0 saturated heterocycles. The van der Waals surface area contributed by atoms with Crippen molar-refractivity contribution in [3.05, 3.63) is 54.8 Å². The van der Waals surface area contributed by atoms with Gasteiger partial charge in [0.1, 0.15) is 16.4 Å². The van der Waals surface area contributed by atoms with Gasteiger partial charge >= 0.3 is 0 Å². The van der Waals surface area contributed by atoms with Crippen LogP contribution in [0.4, 0.5) is 4.39 Å². The van der Waals surface area contributed by atoms with E-state index in [4.69, 9.17) is 16.9 Å². The first-order valence-electron chi connectivity index (χ1n) is 5.07. The Morgan fingerprint density at radius 1 is 1.32 bits per heavy atom. The predicted molar refractivity (Wildman–Crippen MR) is 84.1 cm³/mol. The molecule has 0 amide bonds. The molecule has 2 nitrogen and oxygen atoms in total. The van der Waals surface area contributed by atoms with Gasteiger partial charge in [-0.2, -0.15) is 5.26 Å². The monoisotopic (exact) mass is 452 g/mol. The summed E-state index contributed by atoms with van der Waals surface area (Å²) in [5.41, 5.74) is 0.504. The highest BCUT2D eigenvalue weighted by Gasteiger charge is 2.16. The number of ether oxygens (including phenoxy) is 1. The maximum atomic E-state index is 13.2. The largest absolute Gasteiger partial charge is 0.545 e. The van der Waals surface area contributed by atoms with Crippen LogP contribution in [0.2, 0.25) is 5.02 Å². The Morgan fingerprint density at radius 3 is 2.68 bits per heavy atom. The van der Waals surface area contributed by atoms with Gasteiger partial charge in [0, 0.05) is 9.64 Å². The molecule has 0 unspecified atom stereocenters. The second-order valence-electron chi connectivity index (χ2n) is 3.61. The van der Waals surface area contributed by atoms with Gasteiger partial charge in [0.05, 0.1) is 22.7 Å². The van der Waals surface area contributed by atoms with Crippen LogP contribution in [0.5, 0.6) is 11.5 Å². The van der Waals surface area contributed by atoms with Crippen molar-refractivity contribution >= 4 is 50.1 Å². The van der Waals surface area contributed by atoms with Gasteiger partial charge in [-0.05, 0) is 50.7 Å². The van der Waals surface area contributed by atoms with Crippen LogP contribution in [0, 0.1) is 20.7 Å². The van der Waals surface area contributed by atoms with Gasteiger partial charge in [-0.3, -0.25) is 0 Å². The van der Waals surface area contributed by atoms with Crippen molar-refractivity contribution in [1.29, 1.82) is 5.26 Å². The van der Waals surface area contributed by atoms with Crippen molar-refractivity contribution in [3.63, 3.8) is 0 Å². The van der Waals surface area contributed by atoms with Crippen LogP contribution in [0.25, 0.3) is 0 Å². The molecular weight excluding hydrogens is 447 g/mol. The van der Waals surface area contributed by atoms with Crippen LogP contribution >= 0.6 is 50.1 Å². The fourth-order valence-electron chi connectivity index (χ4n) is 1.47. The fraction of sp³-hybridized carbons (Fsp3) is 0. The lowest BCUT2D eigenvalue weighted by Crippen LogP contribution is -1.89. The highest BCUT2D eigenvalue weighted by Crippen LogP contribution is 2.36. The van der Waals surface area contributed by atoms with Gasteiger partial charge in [-0.15, -0.1) is 0 Å². The minimum atomic E-state index is -0.451. The summed E-state index contributed by atoms with van der Waals surface area (Å²) in [4.78, 5) is 0. The van der Waals surface area contributed by atoms with Crippen molar-refractivity contribution in [3.8, 4) is 17.6 Å². The zero-order chi connectivity index (χ0) is 14.0. The molecule has 2 rings (SSSR count). The summed E-state index contributed by atoms with van der Waals surface area (Å²) in [6.07, 6.45) is 0. The quantitative estimate of drug-likeness (QED) is 0.445. The zero-order valence-corrected chi connectivity index (χ0v) is 13.8. The van der Waals surface area contributed by atoms with Gasteiger partial charge < -0.3 is 4.74 Å². The van der Waals surface area contributed by atoms with Gasteiger partial charge in [0.2, 0.25) is 0 Å². The van der Waals surface area contributed by atoms with Crippen molar-refractivity contribution < 1.29 is 9.13 Å². The molecular formula is C13H6BrClFINO+. The highest BCUT2D eigenvalue weighted by molar-refractivity contribution is 14.1. The molecule has 0 aromatic heterocycles. The van der Waals surface area contributed by atoms with Crippen molar-refractivity contribution in [1.82, 2.24) is 0 Å². The van der Waals surface area contributed by atoms with E-state index in [2.05, 4.69) is 49.3 Å². The van der Waals surface area contributed by atoms with E-state index < -0.39 is 5.82 Å². The topological polar surface area (TPSA) is 36.6 Å². The summed E-state index contributed by atoms with van der Waals surface area (Å²) in [5.74, 6) is 0.503. The third kappa shape index (κ3) is 3.38. The summed E-state index contributed by atoms with van der Waals surface area (Å²) in [5, 5.41) is 9.35. The van der Waals surface area contributed by atoms with E-state index in [1.54, 1.807) is 18.2 Å². The van der Waals surface area contributed by atoms with E-state index in [1.807, 2.05) is 0 Å². The van der Waals surface area contributed by atoms with Crippen molar-refractivity contribution in [2.45, 2.75) is 0 Å². The number of hydrogen-bond acceptors (Lipinski definition) is 1. The summed E-state index contributed by atoms with van der Waals surface area (Å²) in [7, 11) is 0. The van der Waals surface area contributed by atoms with Crippen molar-refractivity contribution in [2.24, 2.45) is 0 Å². The molecule has 0 fully saturated rings. The highest BCUT2D eigenvalue weighted by atomic mass is 127. The molecule has 0 heterocycles. The van der Waals surface area contributed by atoms with Gasteiger partial charge in [-0.1, -0.05) is 11.6 Å². The summed E-state index contributed by atoms with van der Waals surface area (Å²) in [6.45, 7) is 0. The zero-order valence-electron chi connectivity index (χ0n) is 9.29. The first-order valence-corrected chi connectivity index (χ1v) is 7.32. The average molecular weight is 453 g/mol. The molecule has 0 spiro atoms. The molecule has 1 N–H and O–H groups in total. The molecule has 0 atom stereocenters. The minimum absolute atomic E-state index is 0.279. The molecule has 0 bridgehead atoms. The van der Waals surface area contributed by atoms with Crippen molar-refractivity contribution in [2.75, 3.05) is 0 Å². The molecule has 0 saturated carbocycles. The van der Waals surface area contributed by atoms with Gasteiger partial charge in [0.15, 0.2) is 0 Å². The molecule has 2 aromatic carbocycles. The lowest BCUT2D eigenvalue weighted by molar-refractivity contribution is 0.195. The SMILES string of the molecule is N#Cc1c(I)ccc([OH+]c2cc(F)cc(Cl)c2)c1Br. The Hall–Kier alpha value is -0.840. The number of benzene rings is 2. The second kappa shape index (κ2) is 6.07. The third-order valence-corrected chi connectivity index (χ3v) is 4.20. The molecule has 0 aliphatic heterocycles. The molecule has 2 aromatic rings. The first-order chi connectivity index (χ1) is 9.01. The molecule has 6 heteroatoms. The molecule has 19 heavy (non-hydrogen) atoms. The van der Waals surface area contributed by atoms with Crippen LogP contribution in [0.1, 0.15) is 5.56 Å². The predicted octanol–water partition coefficient (Wildman–Crippen LogP) is 5.37. The fourth-order valence-corrected chi connectivity index (χ4v) is 3.15. The smallest absolute Gasteiger partial charge is 0.276 e. The van der Waals surface area contributed by atoms with E-state index >= 15 is 0 Å². The first kappa shape index (κ1) is 14.6. The summed E-state index contributed by atoms with van der Waals surface area (Å²) >= 11 is 11.2. The maximum absolute atomic E-state index is 13.2. The van der Waals surface area contributed by atoms with E-state index in [9.17, 15) is 4.39 Å². The van der Waals surface area contributed by atoms with Crippen LogP contribution in [-0.4, -0.2) is 4.74 Å². The van der Waals surface area contributed by atoms with E-state index in [0.717, 1.165) is 3.57 Å². The number of rotatable bonds is 2. The van der Waals surface area contributed by atoms with Crippen LogP contribution in [0.3, 0.4) is 0 Å². The lowest BCUT2D eigenvalue weighted by Gasteiger charge is -2.07. The summed E-state index contributed by atoms with van der Waals surface area (Å²) in [6, 6.07) is 9.68. The Kier molecular flexibility index (Phi) is 4.66. The minimum Gasteiger partial charge on any atom is -0.545 e. The van der Waals surface area contributed by atoms with E-state index in [0.29, 0.717) is 21.5 Å². The number of aromatic hydroxyl groups is 2. The number of halogens is 4. The van der Waals surface area contributed by atoms with Gasteiger partial charge in [0.25, 0.3) is 11.5 Å². The maximum Gasteiger partial charge on any atom is 0.276 e. The van der Waals surface area contributed by atoms with E-state index in [1.165, 1.54) is 12.1 Å². The van der Waals surface area contributed by atoms with Crippen LogP contribution in [-0.2, 0) is 0 Å². The second-order valence-corrected chi connectivity index (χ2v) is 6.00. The van der Waals surface area contributed by atoms with E-state index in [-0.39, 0.29) is 5.02 Å². The number of nitrogens with zero attached hydrogens (tertiary/aromatic N) is 1. The van der Waals surface area contributed by atoms with Gasteiger partial charge in [-0.25, -0.2) is 4.39 Å². The van der Waals surface area contributed by atoms with Crippen LogP contribution in [0.15, 0.2) is 34.8 Å². The standard InChI is InChI=1S/C13H5BrClFINO/c14-13-10(6-18)11(17)1-2-12(13)19-9-4-7(15)3-8(16)5-9/h1-5H/p+1. The Morgan fingerprint density at radius 2 is 2.05 bits per heavy atom. The molecule has 0 aliphatic rings. The molecule has 0 aliphatic carbocycles. The third-order valence-electron chi connectivity index (χ3n) is 2.28.